The summed E-state index contributed by atoms with van der Waals surface area (Å²) in [7, 11) is 1.30. The summed E-state index contributed by atoms with van der Waals surface area (Å²) in [4.78, 5) is 22.2. The Morgan fingerprint density at radius 1 is 1.11 bits per heavy atom. The topological polar surface area (TPSA) is 55.4 Å². The normalized spacial score (nSPS) is 9.74. The number of esters is 1. The van der Waals surface area contributed by atoms with Crippen molar-refractivity contribution in [1.29, 1.82) is 0 Å². The van der Waals surface area contributed by atoms with Crippen molar-refractivity contribution in [3.63, 3.8) is 0 Å². The van der Waals surface area contributed by atoms with Crippen LogP contribution in [-0.4, -0.2) is 19.5 Å². The van der Waals surface area contributed by atoms with Gasteiger partial charge in [-0.3, -0.25) is 4.79 Å². The fourth-order valence-corrected chi connectivity index (χ4v) is 1.83. The Morgan fingerprint density at radius 2 is 1.84 bits per heavy atom. The van der Waals surface area contributed by atoms with Crippen molar-refractivity contribution in [3.05, 3.63) is 54.1 Å². The van der Waals surface area contributed by atoms with Crippen molar-refractivity contribution in [2.45, 2.75) is 0 Å². The molecule has 1 amide bonds. The molecule has 2 aromatic rings. The Bertz CT molecular complexity index is 594. The summed E-state index contributed by atoms with van der Waals surface area (Å²) < 4.78 is 4.67. The first-order valence-electron chi connectivity index (χ1n) is 5.74. The number of methoxy groups -OCH3 is 1. The van der Waals surface area contributed by atoms with Crippen molar-refractivity contribution in [3.8, 4) is 11.1 Å². The smallest absolute Gasteiger partial charge is 0.339 e. The fraction of sp³-hybridized carbons (Fsp3) is 0.0667. The van der Waals surface area contributed by atoms with Crippen LogP contribution in [0.25, 0.3) is 11.1 Å². The molecule has 0 bridgehead atoms. The van der Waals surface area contributed by atoms with Gasteiger partial charge < -0.3 is 10.1 Å². The van der Waals surface area contributed by atoms with Crippen LogP contribution in [-0.2, 0) is 9.53 Å². The van der Waals surface area contributed by atoms with Crippen LogP contribution >= 0.6 is 0 Å². The molecule has 2 rings (SSSR count). The molecule has 2 aromatic carbocycles. The molecule has 4 heteroatoms. The van der Waals surface area contributed by atoms with E-state index in [1.807, 2.05) is 36.4 Å². The first kappa shape index (κ1) is 12.8. The van der Waals surface area contributed by atoms with Crippen molar-refractivity contribution in [1.82, 2.24) is 0 Å². The largest absolute Gasteiger partial charge is 0.465 e. The molecule has 0 radical (unpaired) electrons. The predicted molar refractivity (Wildman–Crippen MR) is 72.9 cm³/mol. The molecule has 0 spiro atoms. The second kappa shape index (κ2) is 5.82. The molecular weight excluding hydrogens is 242 g/mol. The fourth-order valence-electron chi connectivity index (χ4n) is 1.83. The van der Waals surface area contributed by atoms with Gasteiger partial charge in [0, 0.05) is 0 Å². The van der Waals surface area contributed by atoms with Gasteiger partial charge in [0.15, 0.2) is 0 Å². The Labute approximate surface area is 111 Å². The molecule has 0 heterocycles. The zero-order valence-electron chi connectivity index (χ0n) is 10.4. The Hall–Kier alpha value is -2.62. The van der Waals surface area contributed by atoms with Gasteiger partial charge in [-0.25, -0.2) is 4.79 Å². The van der Waals surface area contributed by atoms with Crippen LogP contribution in [0.1, 0.15) is 10.4 Å². The van der Waals surface area contributed by atoms with E-state index >= 15 is 0 Å². The van der Waals surface area contributed by atoms with Gasteiger partial charge in [-0.05, 0) is 23.3 Å². The number of benzene rings is 2. The summed E-state index contributed by atoms with van der Waals surface area (Å²) in [6.45, 7) is 0. The third-order valence-corrected chi connectivity index (χ3v) is 2.75. The minimum Gasteiger partial charge on any atom is -0.465 e. The van der Waals surface area contributed by atoms with Crippen LogP contribution in [0.2, 0.25) is 0 Å². The van der Waals surface area contributed by atoms with Gasteiger partial charge in [-0.2, -0.15) is 0 Å². The van der Waals surface area contributed by atoms with Crippen LogP contribution < -0.4 is 5.32 Å². The molecule has 0 saturated heterocycles. The van der Waals surface area contributed by atoms with E-state index in [2.05, 4.69) is 10.1 Å². The van der Waals surface area contributed by atoms with Gasteiger partial charge in [-0.1, -0.05) is 36.4 Å². The van der Waals surface area contributed by atoms with Gasteiger partial charge in [-0.15, -0.1) is 0 Å². The number of anilines is 1. The van der Waals surface area contributed by atoms with E-state index in [0.29, 0.717) is 17.7 Å². The lowest BCUT2D eigenvalue weighted by Crippen LogP contribution is -2.07. The van der Waals surface area contributed by atoms with Crippen LogP contribution in [0.5, 0.6) is 0 Å². The highest BCUT2D eigenvalue weighted by molar-refractivity contribution is 5.98. The summed E-state index contributed by atoms with van der Waals surface area (Å²) in [6.07, 6.45) is 0.538. The Balaban J connectivity index is 2.47. The first-order chi connectivity index (χ1) is 9.26. The van der Waals surface area contributed by atoms with Gasteiger partial charge in [0.25, 0.3) is 0 Å². The zero-order valence-corrected chi connectivity index (χ0v) is 10.4. The van der Waals surface area contributed by atoms with Crippen LogP contribution in [0.15, 0.2) is 48.5 Å². The summed E-state index contributed by atoms with van der Waals surface area (Å²) in [5.74, 6) is -0.482. The minimum absolute atomic E-state index is 0.328. The van der Waals surface area contributed by atoms with Crippen LogP contribution in [0.4, 0.5) is 5.69 Å². The van der Waals surface area contributed by atoms with E-state index in [9.17, 15) is 9.59 Å². The summed E-state index contributed by atoms with van der Waals surface area (Å²) >= 11 is 0. The molecule has 96 valence electrons. The molecule has 19 heavy (non-hydrogen) atoms. The summed E-state index contributed by atoms with van der Waals surface area (Å²) in [6, 6.07) is 14.9. The highest BCUT2D eigenvalue weighted by Crippen LogP contribution is 2.25. The molecular formula is C15H13NO3. The molecule has 0 aliphatic carbocycles. The third kappa shape index (κ3) is 2.80. The van der Waals surface area contributed by atoms with Crippen molar-refractivity contribution >= 4 is 18.1 Å². The van der Waals surface area contributed by atoms with Gasteiger partial charge in [0.2, 0.25) is 6.41 Å². The lowest BCUT2D eigenvalue weighted by atomic mass is 10.0. The minimum atomic E-state index is -0.482. The quantitative estimate of drug-likeness (QED) is 0.675. The molecule has 0 aliphatic heterocycles. The van der Waals surface area contributed by atoms with Crippen molar-refractivity contribution < 1.29 is 14.3 Å². The van der Waals surface area contributed by atoms with Crippen molar-refractivity contribution in [2.24, 2.45) is 0 Å². The van der Waals surface area contributed by atoms with Crippen LogP contribution in [0, 0.1) is 0 Å². The molecule has 0 unspecified atom stereocenters. The summed E-state index contributed by atoms with van der Waals surface area (Å²) in [5.41, 5.74) is 2.68. The average molecular weight is 255 g/mol. The summed E-state index contributed by atoms with van der Waals surface area (Å²) in [5, 5.41) is 2.52. The van der Waals surface area contributed by atoms with E-state index in [1.54, 1.807) is 12.1 Å². The molecule has 0 aromatic heterocycles. The maximum absolute atomic E-state index is 11.6. The Kier molecular flexibility index (Phi) is 3.93. The molecule has 1 N–H and O–H groups in total. The van der Waals surface area contributed by atoms with Crippen LogP contribution in [0.3, 0.4) is 0 Å². The van der Waals surface area contributed by atoms with Gasteiger partial charge >= 0.3 is 5.97 Å². The second-order valence-corrected chi connectivity index (χ2v) is 3.88. The maximum atomic E-state index is 11.6. The highest BCUT2D eigenvalue weighted by atomic mass is 16.5. The van der Waals surface area contributed by atoms with E-state index in [1.165, 1.54) is 7.11 Å². The Morgan fingerprint density at radius 3 is 2.47 bits per heavy atom. The van der Waals surface area contributed by atoms with Gasteiger partial charge in [0.05, 0.1) is 18.4 Å². The molecule has 0 saturated carbocycles. The zero-order chi connectivity index (χ0) is 13.7. The number of hydrogen-bond donors (Lipinski definition) is 1. The highest BCUT2D eigenvalue weighted by Gasteiger charge is 2.12. The monoisotopic (exact) mass is 255 g/mol. The standard InChI is InChI=1S/C15H13NO3/c1-19-15(18)13-8-7-12(9-14(13)16-10-17)11-5-3-2-4-6-11/h2-10H,1H3,(H,16,17). The van der Waals surface area contributed by atoms with Gasteiger partial charge in [0.1, 0.15) is 0 Å². The van der Waals surface area contributed by atoms with Crippen molar-refractivity contribution in [2.75, 3.05) is 12.4 Å². The molecule has 4 nitrogen and oxygen atoms in total. The number of carbonyl (C=O) groups excluding carboxylic acids is 2. The average Bonchev–Trinajstić information content (AvgIpc) is 2.47. The maximum Gasteiger partial charge on any atom is 0.339 e. The molecule has 0 atom stereocenters. The number of ether oxygens (including phenoxy) is 1. The molecule has 0 aliphatic rings. The lowest BCUT2D eigenvalue weighted by Gasteiger charge is -2.09. The second-order valence-electron chi connectivity index (χ2n) is 3.88. The molecule has 0 fully saturated rings. The van der Waals surface area contributed by atoms with E-state index < -0.39 is 5.97 Å². The SMILES string of the molecule is COC(=O)c1ccc(-c2ccccc2)cc1NC=O. The number of hydrogen-bond acceptors (Lipinski definition) is 3. The third-order valence-electron chi connectivity index (χ3n) is 2.75. The lowest BCUT2D eigenvalue weighted by molar-refractivity contribution is -0.105. The van der Waals surface area contributed by atoms with E-state index in [4.69, 9.17) is 0 Å². The number of nitrogens with one attached hydrogen (secondary N) is 1. The number of rotatable bonds is 4. The predicted octanol–water partition coefficient (Wildman–Crippen LogP) is 2.71. The number of amides is 1. The number of carbonyl (C=O) groups is 2. The van der Waals surface area contributed by atoms with E-state index in [0.717, 1.165) is 11.1 Å². The van der Waals surface area contributed by atoms with E-state index in [-0.39, 0.29) is 0 Å². The first-order valence-corrected chi connectivity index (χ1v) is 5.74.